The largest absolute Gasteiger partial charge is 0.350 e. The molecule has 0 aliphatic carbocycles. The predicted octanol–water partition coefficient (Wildman–Crippen LogP) is 2.59. The fourth-order valence-corrected chi connectivity index (χ4v) is 3.01. The quantitative estimate of drug-likeness (QED) is 0.751. The summed E-state index contributed by atoms with van der Waals surface area (Å²) in [4.78, 5) is 28.1. The molecule has 4 rings (SSSR count). The molecule has 1 aliphatic heterocycles. The first-order valence-electron chi connectivity index (χ1n) is 7.59. The first-order valence-corrected chi connectivity index (χ1v) is 7.97. The van der Waals surface area contributed by atoms with Crippen molar-refractivity contribution in [1.82, 2.24) is 25.3 Å². The van der Waals surface area contributed by atoms with Crippen LogP contribution in [0.1, 0.15) is 27.7 Å². The number of carbonyl (C=O) groups excluding carboxylic acids is 1. The number of amides is 1. The Labute approximate surface area is 143 Å². The molecule has 0 fully saturated rings. The Kier molecular flexibility index (Phi) is 3.74. The second kappa shape index (κ2) is 6.05. The summed E-state index contributed by atoms with van der Waals surface area (Å²) in [5, 5.41) is 3.64. The highest BCUT2D eigenvalue weighted by Crippen LogP contribution is 2.27. The van der Waals surface area contributed by atoms with E-state index in [9.17, 15) is 4.79 Å². The second-order valence-electron chi connectivity index (χ2n) is 5.67. The molecule has 1 aliphatic rings. The van der Waals surface area contributed by atoms with Gasteiger partial charge in [-0.15, -0.1) is 0 Å². The van der Waals surface area contributed by atoms with Crippen LogP contribution < -0.4 is 5.32 Å². The molecule has 0 bridgehead atoms. The molecular formula is C17H14ClN5O. The maximum Gasteiger partial charge on any atom is 0.271 e. The molecule has 0 spiro atoms. The number of fused-ring (bicyclic) bond motifs is 1. The highest BCUT2D eigenvalue weighted by Gasteiger charge is 2.26. The highest BCUT2D eigenvalue weighted by molar-refractivity contribution is 6.30. The van der Waals surface area contributed by atoms with Crippen LogP contribution in [0.2, 0.25) is 5.02 Å². The summed E-state index contributed by atoms with van der Waals surface area (Å²) in [7, 11) is 0. The summed E-state index contributed by atoms with van der Waals surface area (Å²) in [5.74, 6) is 0.568. The van der Waals surface area contributed by atoms with Crippen molar-refractivity contribution in [2.24, 2.45) is 0 Å². The van der Waals surface area contributed by atoms with Crippen molar-refractivity contribution in [3.8, 4) is 11.5 Å². The number of aromatic nitrogens is 4. The van der Waals surface area contributed by atoms with Crippen molar-refractivity contribution in [2.45, 2.75) is 12.3 Å². The van der Waals surface area contributed by atoms with Gasteiger partial charge in [-0.1, -0.05) is 23.7 Å². The molecule has 120 valence electrons. The maximum atomic E-state index is 12.3. The van der Waals surface area contributed by atoms with E-state index in [1.807, 2.05) is 24.3 Å². The summed E-state index contributed by atoms with van der Waals surface area (Å²) in [6, 6.07) is 9.47. The average Bonchev–Trinajstić information content (AvgIpc) is 2.97. The molecule has 1 amide bonds. The molecule has 1 atom stereocenters. The van der Waals surface area contributed by atoms with E-state index in [0.717, 1.165) is 11.3 Å². The van der Waals surface area contributed by atoms with E-state index in [-0.39, 0.29) is 11.8 Å². The lowest BCUT2D eigenvalue weighted by atomic mass is 9.94. The average molecular weight is 340 g/mol. The number of carbonyl (C=O) groups is 1. The Morgan fingerprint density at radius 2 is 2.00 bits per heavy atom. The molecule has 0 saturated heterocycles. The summed E-state index contributed by atoms with van der Waals surface area (Å²) >= 11 is 5.96. The normalized spacial score (nSPS) is 17.0. The number of aromatic amines is 1. The van der Waals surface area contributed by atoms with Gasteiger partial charge in [-0.2, -0.15) is 0 Å². The Hall–Kier alpha value is -2.73. The van der Waals surface area contributed by atoms with Gasteiger partial charge in [-0.25, -0.2) is 15.0 Å². The smallest absolute Gasteiger partial charge is 0.271 e. The van der Waals surface area contributed by atoms with Crippen molar-refractivity contribution in [2.75, 3.05) is 6.54 Å². The molecule has 0 saturated carbocycles. The predicted molar refractivity (Wildman–Crippen MR) is 89.8 cm³/mol. The van der Waals surface area contributed by atoms with Crippen molar-refractivity contribution in [1.29, 1.82) is 0 Å². The molecule has 0 radical (unpaired) electrons. The number of nitrogens with zero attached hydrogens (tertiary/aromatic N) is 3. The van der Waals surface area contributed by atoms with Crippen LogP contribution in [0.15, 0.2) is 42.9 Å². The Morgan fingerprint density at radius 3 is 2.75 bits per heavy atom. The van der Waals surface area contributed by atoms with E-state index in [2.05, 4.69) is 25.3 Å². The second-order valence-corrected chi connectivity index (χ2v) is 6.11. The third-order valence-electron chi connectivity index (χ3n) is 4.12. The first kappa shape index (κ1) is 14.8. The number of rotatable bonds is 2. The number of benzene rings is 1. The van der Waals surface area contributed by atoms with Gasteiger partial charge in [0.15, 0.2) is 5.82 Å². The lowest BCUT2D eigenvalue weighted by Gasteiger charge is -2.14. The molecule has 1 aromatic carbocycles. The van der Waals surface area contributed by atoms with Crippen LogP contribution in [-0.4, -0.2) is 32.4 Å². The minimum Gasteiger partial charge on any atom is -0.350 e. The SMILES string of the molecule is O=C1NC[C@H](c2ccc(Cl)cc2)Cc2[nH]c(-c3ccncn3)nc21. The van der Waals surface area contributed by atoms with Gasteiger partial charge < -0.3 is 10.3 Å². The lowest BCUT2D eigenvalue weighted by molar-refractivity contribution is 0.0950. The zero-order chi connectivity index (χ0) is 16.5. The van der Waals surface area contributed by atoms with Gasteiger partial charge in [0.1, 0.15) is 17.7 Å². The number of halogens is 1. The van der Waals surface area contributed by atoms with Crippen LogP contribution in [0.5, 0.6) is 0 Å². The third-order valence-corrected chi connectivity index (χ3v) is 4.37. The van der Waals surface area contributed by atoms with E-state index < -0.39 is 0 Å². The number of imidazole rings is 1. The third kappa shape index (κ3) is 2.76. The van der Waals surface area contributed by atoms with Gasteiger partial charge in [0.05, 0.1) is 0 Å². The summed E-state index contributed by atoms with van der Waals surface area (Å²) in [5.41, 5.74) is 3.04. The Bertz CT molecular complexity index is 876. The summed E-state index contributed by atoms with van der Waals surface area (Å²) < 4.78 is 0. The minimum atomic E-state index is -0.169. The van der Waals surface area contributed by atoms with E-state index in [1.165, 1.54) is 6.33 Å². The fraction of sp³-hybridized carbons (Fsp3) is 0.176. The molecule has 24 heavy (non-hydrogen) atoms. The monoisotopic (exact) mass is 339 g/mol. The number of hydrogen-bond acceptors (Lipinski definition) is 4. The molecule has 3 aromatic rings. The van der Waals surface area contributed by atoms with Crippen LogP contribution in [0.25, 0.3) is 11.5 Å². The van der Waals surface area contributed by atoms with Crippen LogP contribution in [0.3, 0.4) is 0 Å². The van der Waals surface area contributed by atoms with E-state index in [1.54, 1.807) is 12.3 Å². The molecule has 0 unspecified atom stereocenters. The molecule has 2 aromatic heterocycles. The van der Waals surface area contributed by atoms with Crippen LogP contribution in [0.4, 0.5) is 0 Å². The highest BCUT2D eigenvalue weighted by atomic mass is 35.5. The molecule has 6 nitrogen and oxygen atoms in total. The molecular weight excluding hydrogens is 326 g/mol. The van der Waals surface area contributed by atoms with Crippen molar-refractivity contribution in [3.63, 3.8) is 0 Å². The summed E-state index contributed by atoms with van der Waals surface area (Å²) in [6.45, 7) is 0.563. The minimum absolute atomic E-state index is 0.158. The van der Waals surface area contributed by atoms with Gasteiger partial charge in [-0.05, 0) is 30.2 Å². The standard InChI is InChI=1S/C17H14ClN5O/c18-12-3-1-10(2-4-12)11-7-14-15(17(24)20-8-11)23-16(22-14)13-5-6-19-9-21-13/h1-6,9,11H,7-8H2,(H,20,24)(H,22,23)/t11-/m1/s1. The first-order chi connectivity index (χ1) is 11.7. The van der Waals surface area contributed by atoms with Crippen molar-refractivity contribution < 1.29 is 4.79 Å². The number of nitrogens with one attached hydrogen (secondary N) is 2. The fourth-order valence-electron chi connectivity index (χ4n) is 2.89. The zero-order valence-electron chi connectivity index (χ0n) is 12.7. The lowest BCUT2D eigenvalue weighted by Crippen LogP contribution is -2.26. The van der Waals surface area contributed by atoms with Gasteiger partial charge in [0.2, 0.25) is 0 Å². The van der Waals surface area contributed by atoms with E-state index in [0.29, 0.717) is 35.2 Å². The Morgan fingerprint density at radius 1 is 1.17 bits per heavy atom. The van der Waals surface area contributed by atoms with E-state index in [4.69, 9.17) is 11.6 Å². The van der Waals surface area contributed by atoms with Gasteiger partial charge in [0, 0.05) is 29.4 Å². The molecule has 2 N–H and O–H groups in total. The summed E-state index contributed by atoms with van der Waals surface area (Å²) in [6.07, 6.45) is 3.79. The van der Waals surface area contributed by atoms with Gasteiger partial charge in [0.25, 0.3) is 5.91 Å². The van der Waals surface area contributed by atoms with Crippen LogP contribution >= 0.6 is 11.6 Å². The van der Waals surface area contributed by atoms with Crippen LogP contribution in [-0.2, 0) is 6.42 Å². The van der Waals surface area contributed by atoms with E-state index >= 15 is 0 Å². The van der Waals surface area contributed by atoms with Gasteiger partial charge >= 0.3 is 0 Å². The van der Waals surface area contributed by atoms with Gasteiger partial charge in [-0.3, -0.25) is 4.79 Å². The topological polar surface area (TPSA) is 83.6 Å². The number of hydrogen-bond donors (Lipinski definition) is 2. The van der Waals surface area contributed by atoms with Crippen molar-refractivity contribution in [3.05, 3.63) is 64.8 Å². The molecule has 3 heterocycles. The maximum absolute atomic E-state index is 12.3. The molecule has 7 heteroatoms. The van der Waals surface area contributed by atoms with Crippen molar-refractivity contribution >= 4 is 17.5 Å². The Balaban J connectivity index is 1.69. The number of H-pyrrole nitrogens is 1. The van der Waals surface area contributed by atoms with Crippen LogP contribution in [0, 0.1) is 0 Å². The zero-order valence-corrected chi connectivity index (χ0v) is 13.4.